The highest BCUT2D eigenvalue weighted by atomic mass is 19.3. The molecule has 15 heteroatoms. The molecule has 6 heterocycles. The Morgan fingerprint density at radius 1 is 1.06 bits per heavy atom. The Morgan fingerprint density at radius 3 is 2.53 bits per heavy atom. The van der Waals surface area contributed by atoms with E-state index in [0.717, 1.165) is 45.1 Å². The van der Waals surface area contributed by atoms with Crippen molar-refractivity contribution < 1.29 is 32.5 Å². The van der Waals surface area contributed by atoms with Gasteiger partial charge in [-0.05, 0) is 36.4 Å². The van der Waals surface area contributed by atoms with E-state index >= 15 is 0 Å². The van der Waals surface area contributed by atoms with Gasteiger partial charge >= 0.3 is 0 Å². The van der Waals surface area contributed by atoms with Gasteiger partial charge in [0.05, 0.1) is 44.2 Å². The van der Waals surface area contributed by atoms with E-state index in [1.165, 1.54) is 4.90 Å². The highest BCUT2D eigenvalue weighted by Gasteiger charge is 2.51. The van der Waals surface area contributed by atoms with Crippen molar-refractivity contribution in [3.05, 3.63) is 48.2 Å². The molecule has 0 spiro atoms. The second-order valence-corrected chi connectivity index (χ2v) is 12.6. The highest BCUT2D eigenvalue weighted by Crippen LogP contribution is 2.34. The zero-order valence-corrected chi connectivity index (χ0v) is 27.2. The zero-order valence-electron chi connectivity index (χ0n) is 27.2. The van der Waals surface area contributed by atoms with Crippen LogP contribution in [0.2, 0.25) is 0 Å². The number of anilines is 3. The Bertz CT molecular complexity index is 1700. The number of rotatable bonds is 9. The first kappa shape index (κ1) is 32.9. The highest BCUT2D eigenvalue weighted by molar-refractivity contribution is 5.82. The van der Waals surface area contributed by atoms with Gasteiger partial charge in [0.1, 0.15) is 29.4 Å². The Hall–Kier alpha value is -4.65. The number of nitrogens with one attached hydrogen (secondary N) is 1. The lowest BCUT2D eigenvalue weighted by atomic mass is 10.0. The lowest BCUT2D eigenvalue weighted by molar-refractivity contribution is -0.157. The molecule has 7 rings (SSSR count). The molecule has 258 valence electrons. The number of nitrogens with zero attached hydrogens (tertiary/aromatic N) is 7. The predicted octanol–water partition coefficient (Wildman–Crippen LogP) is 3.48. The molecule has 49 heavy (non-hydrogen) atoms. The number of halogens is 2. The number of benzene rings is 1. The molecule has 4 saturated heterocycles. The summed E-state index contributed by atoms with van der Waals surface area (Å²) in [6, 6.07) is 13.6. The van der Waals surface area contributed by atoms with Gasteiger partial charge in [0.15, 0.2) is 6.10 Å². The number of amides is 1. The topological polar surface area (TPSA) is 138 Å². The lowest BCUT2D eigenvalue weighted by Gasteiger charge is -2.43. The van der Waals surface area contributed by atoms with Crippen LogP contribution in [-0.2, 0) is 14.3 Å². The molecule has 1 aromatic carbocycles. The van der Waals surface area contributed by atoms with Gasteiger partial charge in [0.25, 0.3) is 11.8 Å². The number of carbonyl (C=O) groups excluding carboxylic acids is 1. The molecule has 13 nitrogen and oxygen atoms in total. The van der Waals surface area contributed by atoms with E-state index in [0.29, 0.717) is 59.1 Å². The lowest BCUT2D eigenvalue weighted by Crippen LogP contribution is -2.56. The van der Waals surface area contributed by atoms with Crippen LogP contribution in [0.3, 0.4) is 0 Å². The van der Waals surface area contributed by atoms with E-state index in [1.54, 1.807) is 31.5 Å². The maximum atomic E-state index is 14.0. The number of pyridine rings is 1. The van der Waals surface area contributed by atoms with E-state index in [9.17, 15) is 18.8 Å². The minimum absolute atomic E-state index is 0.126. The van der Waals surface area contributed by atoms with Crippen LogP contribution in [0.25, 0.3) is 11.3 Å². The zero-order chi connectivity index (χ0) is 34.0. The number of hydrogen-bond acceptors (Lipinski definition) is 12. The fraction of sp³-hybridized carbons (Fsp3) is 0.500. The third kappa shape index (κ3) is 7.08. The number of piperidine rings is 1. The number of piperazine rings is 1. The smallest absolute Gasteiger partial charge is 0.284 e. The molecule has 1 N–H and O–H groups in total. The first-order valence-electron chi connectivity index (χ1n) is 16.5. The van der Waals surface area contributed by atoms with Crippen LogP contribution in [0.1, 0.15) is 24.8 Å². The summed E-state index contributed by atoms with van der Waals surface area (Å²) < 4.78 is 50.2. The Morgan fingerprint density at radius 2 is 1.86 bits per heavy atom. The molecule has 0 saturated carbocycles. The molecule has 4 aliphatic rings. The molecule has 1 atom stereocenters. The second-order valence-electron chi connectivity index (χ2n) is 12.6. The number of methoxy groups -OCH3 is 1. The summed E-state index contributed by atoms with van der Waals surface area (Å²) >= 11 is 0. The maximum Gasteiger partial charge on any atom is 0.284 e. The summed E-state index contributed by atoms with van der Waals surface area (Å²) in [4.78, 5) is 32.5. The van der Waals surface area contributed by atoms with Crippen LogP contribution in [0, 0.1) is 11.3 Å². The molecule has 3 aromatic rings. The predicted molar refractivity (Wildman–Crippen MR) is 174 cm³/mol. The molecule has 0 aliphatic carbocycles. The van der Waals surface area contributed by atoms with Crippen LogP contribution in [0.4, 0.5) is 26.2 Å². The maximum absolute atomic E-state index is 14.0. The summed E-state index contributed by atoms with van der Waals surface area (Å²) in [6.07, 6.45) is 0.0860. The van der Waals surface area contributed by atoms with Gasteiger partial charge in [-0.1, -0.05) is 0 Å². The van der Waals surface area contributed by atoms with Crippen LogP contribution < -0.4 is 19.7 Å². The molecule has 4 fully saturated rings. The monoisotopic (exact) mass is 676 g/mol. The SMILES string of the molecule is COc1nc(Nc2nccc(-c3ccc(OC4CCN(C(=O)[C@@H]5OCCC5(F)F)CC4)c(C#N)c3)n2)ccc1N1CCN(C2COC2)CC1. The van der Waals surface area contributed by atoms with Crippen LogP contribution in [-0.4, -0.2) is 121 Å². The van der Waals surface area contributed by atoms with Crippen molar-refractivity contribution >= 4 is 23.4 Å². The van der Waals surface area contributed by atoms with Crippen LogP contribution in [0.15, 0.2) is 42.6 Å². The molecule has 0 bridgehead atoms. The van der Waals surface area contributed by atoms with Gasteiger partial charge in [0.2, 0.25) is 11.8 Å². The van der Waals surface area contributed by atoms with Crippen molar-refractivity contribution in [1.29, 1.82) is 5.26 Å². The van der Waals surface area contributed by atoms with Crippen molar-refractivity contribution in [2.24, 2.45) is 0 Å². The molecular weight excluding hydrogens is 638 g/mol. The first-order valence-corrected chi connectivity index (χ1v) is 16.5. The van der Waals surface area contributed by atoms with E-state index < -0.39 is 24.4 Å². The number of ether oxygens (including phenoxy) is 4. The number of hydrogen-bond donors (Lipinski definition) is 1. The molecule has 0 unspecified atom stereocenters. The second kappa shape index (κ2) is 14.1. The molecule has 0 radical (unpaired) electrons. The largest absolute Gasteiger partial charge is 0.489 e. The van der Waals surface area contributed by atoms with Crippen LogP contribution >= 0.6 is 0 Å². The Labute approximate surface area is 282 Å². The number of likely N-dealkylation sites (tertiary alicyclic amines) is 1. The van der Waals surface area contributed by atoms with E-state index in [-0.39, 0.29) is 25.8 Å². The molecule has 4 aliphatic heterocycles. The molecule has 2 aromatic heterocycles. The minimum atomic E-state index is -3.15. The Kier molecular flexibility index (Phi) is 9.44. The molecular formula is C34H38F2N8O5. The minimum Gasteiger partial charge on any atom is -0.489 e. The number of nitriles is 1. The van der Waals surface area contributed by atoms with E-state index in [4.69, 9.17) is 18.9 Å². The third-order valence-electron chi connectivity index (χ3n) is 9.49. The quantitative estimate of drug-likeness (QED) is 0.355. The van der Waals surface area contributed by atoms with Gasteiger partial charge < -0.3 is 34.1 Å². The van der Waals surface area contributed by atoms with Crippen molar-refractivity contribution in [3.8, 4) is 29.0 Å². The summed E-state index contributed by atoms with van der Waals surface area (Å²) in [5.41, 5.74) is 2.55. The van der Waals surface area contributed by atoms with Gasteiger partial charge in [-0.15, -0.1) is 0 Å². The Balaban J connectivity index is 0.971. The van der Waals surface area contributed by atoms with Gasteiger partial charge in [0, 0.05) is 70.3 Å². The van der Waals surface area contributed by atoms with Gasteiger partial charge in [-0.3, -0.25) is 9.69 Å². The average molecular weight is 677 g/mol. The summed E-state index contributed by atoms with van der Waals surface area (Å²) in [7, 11) is 1.61. The first-order chi connectivity index (χ1) is 23.8. The summed E-state index contributed by atoms with van der Waals surface area (Å²) in [6.45, 7) is 5.71. The number of alkyl halides is 2. The number of carbonyl (C=O) groups is 1. The fourth-order valence-corrected chi connectivity index (χ4v) is 6.59. The van der Waals surface area contributed by atoms with Crippen LogP contribution in [0.5, 0.6) is 11.6 Å². The van der Waals surface area contributed by atoms with E-state index in [1.807, 2.05) is 18.2 Å². The van der Waals surface area contributed by atoms with Crippen molar-refractivity contribution in [2.75, 3.05) is 76.4 Å². The average Bonchev–Trinajstić information content (AvgIpc) is 3.46. The van der Waals surface area contributed by atoms with Gasteiger partial charge in [-0.25, -0.2) is 18.7 Å². The third-order valence-corrected chi connectivity index (χ3v) is 9.49. The van der Waals surface area contributed by atoms with Crippen molar-refractivity contribution in [1.82, 2.24) is 24.8 Å². The summed E-state index contributed by atoms with van der Waals surface area (Å²) in [5.74, 6) is -2.05. The standard InChI is InChI=1S/C34H38F2N8O5/c1-46-31-27(43-15-13-42(14-16-43)24-20-47-21-24)3-5-29(40-31)41-33-38-10-6-26(39-33)22-2-4-28(23(18-22)19-37)49-25-7-11-44(12-8-25)32(45)30-34(35,36)9-17-48-30/h2-6,10,18,24-25,30H,7-9,11-17,20-21H2,1H3,(H,38,39,40,41)/t30-/m0/s1. The number of aromatic nitrogens is 3. The van der Waals surface area contributed by atoms with Crippen molar-refractivity contribution in [2.45, 2.75) is 43.4 Å². The van der Waals surface area contributed by atoms with E-state index in [2.05, 4.69) is 36.1 Å². The fourth-order valence-electron chi connectivity index (χ4n) is 6.59. The molecule has 1 amide bonds. The van der Waals surface area contributed by atoms with Gasteiger partial charge in [-0.2, -0.15) is 10.2 Å². The summed E-state index contributed by atoms with van der Waals surface area (Å²) in [5, 5.41) is 13.1. The normalized spacial score (nSPS) is 21.6. The van der Waals surface area contributed by atoms with Crippen molar-refractivity contribution in [3.63, 3.8) is 0 Å².